The van der Waals surface area contributed by atoms with Crippen LogP contribution in [0.1, 0.15) is 18.5 Å². The molecular weight excluding hydrogens is 232 g/mol. The molecule has 1 saturated carbocycles. The van der Waals surface area contributed by atoms with Crippen LogP contribution in [0.2, 0.25) is 0 Å². The Bertz CT molecular complexity index is 537. The van der Waals surface area contributed by atoms with Crippen LogP contribution < -0.4 is 5.73 Å². The molecule has 17 heavy (non-hydrogen) atoms. The molecule has 3 rings (SSSR count). The standard InChI is InChI=1S/C12H14N4S/c13-12(14)10-6-9(11-2-1-5-17-11)15-16(10)7-8-3-4-8/h1-2,5-6,8H,3-4,7H2,(H3,13,14). The van der Waals surface area contributed by atoms with Crippen molar-refractivity contribution in [1.82, 2.24) is 9.78 Å². The number of nitrogens with zero attached hydrogens (tertiary/aromatic N) is 2. The molecule has 5 heteroatoms. The first-order valence-corrected chi connectivity index (χ1v) is 6.58. The van der Waals surface area contributed by atoms with Gasteiger partial charge in [0.15, 0.2) is 0 Å². The lowest BCUT2D eigenvalue weighted by Gasteiger charge is -2.03. The Balaban J connectivity index is 1.97. The third-order valence-corrected chi connectivity index (χ3v) is 3.85. The summed E-state index contributed by atoms with van der Waals surface area (Å²) in [6, 6.07) is 5.96. The monoisotopic (exact) mass is 246 g/mol. The van der Waals surface area contributed by atoms with Gasteiger partial charge in [0.05, 0.1) is 4.88 Å². The zero-order chi connectivity index (χ0) is 11.8. The summed E-state index contributed by atoms with van der Waals surface area (Å²) in [5, 5.41) is 14.2. The van der Waals surface area contributed by atoms with Crippen molar-refractivity contribution >= 4 is 17.2 Å². The van der Waals surface area contributed by atoms with Crippen LogP contribution in [0, 0.1) is 11.3 Å². The van der Waals surface area contributed by atoms with Crippen LogP contribution >= 0.6 is 11.3 Å². The van der Waals surface area contributed by atoms with Gasteiger partial charge < -0.3 is 5.73 Å². The Hall–Kier alpha value is -1.62. The van der Waals surface area contributed by atoms with E-state index in [1.54, 1.807) is 11.3 Å². The van der Waals surface area contributed by atoms with Gasteiger partial charge in [0.1, 0.15) is 17.2 Å². The highest BCUT2D eigenvalue weighted by Gasteiger charge is 2.24. The number of hydrogen-bond acceptors (Lipinski definition) is 3. The molecule has 4 nitrogen and oxygen atoms in total. The number of hydrogen-bond donors (Lipinski definition) is 2. The summed E-state index contributed by atoms with van der Waals surface area (Å²) in [5.41, 5.74) is 7.26. The highest BCUT2D eigenvalue weighted by atomic mass is 32.1. The molecule has 2 aromatic heterocycles. The second-order valence-electron chi connectivity index (χ2n) is 4.43. The molecule has 0 bridgehead atoms. The van der Waals surface area contributed by atoms with E-state index >= 15 is 0 Å². The summed E-state index contributed by atoms with van der Waals surface area (Å²) in [4.78, 5) is 1.13. The minimum atomic E-state index is 0.0981. The average Bonchev–Trinajstić information content (AvgIpc) is 2.82. The Morgan fingerprint density at radius 1 is 1.59 bits per heavy atom. The van der Waals surface area contributed by atoms with E-state index in [0.717, 1.165) is 28.7 Å². The lowest BCUT2D eigenvalue weighted by Crippen LogP contribution is -2.18. The van der Waals surface area contributed by atoms with Crippen LogP contribution in [0.5, 0.6) is 0 Å². The van der Waals surface area contributed by atoms with E-state index in [-0.39, 0.29) is 5.84 Å². The number of thiophene rings is 1. The normalized spacial score (nSPS) is 15.1. The maximum Gasteiger partial charge on any atom is 0.141 e. The molecule has 1 aliphatic carbocycles. The van der Waals surface area contributed by atoms with Gasteiger partial charge in [-0.3, -0.25) is 10.1 Å². The van der Waals surface area contributed by atoms with Crippen LogP contribution in [-0.2, 0) is 6.54 Å². The highest BCUT2D eigenvalue weighted by molar-refractivity contribution is 7.13. The molecule has 0 radical (unpaired) electrons. The molecule has 1 fully saturated rings. The van der Waals surface area contributed by atoms with Crippen molar-refractivity contribution in [3.63, 3.8) is 0 Å². The molecule has 0 aliphatic heterocycles. The van der Waals surface area contributed by atoms with E-state index in [0.29, 0.717) is 0 Å². The first-order chi connectivity index (χ1) is 8.24. The van der Waals surface area contributed by atoms with Crippen molar-refractivity contribution < 1.29 is 0 Å². The first-order valence-electron chi connectivity index (χ1n) is 5.70. The molecule has 1 aliphatic rings. The van der Waals surface area contributed by atoms with Gasteiger partial charge in [-0.15, -0.1) is 11.3 Å². The number of amidine groups is 1. The first kappa shape index (κ1) is 10.5. The van der Waals surface area contributed by atoms with Gasteiger partial charge in [-0.2, -0.15) is 5.10 Å². The lowest BCUT2D eigenvalue weighted by atomic mass is 10.3. The van der Waals surface area contributed by atoms with Crippen molar-refractivity contribution in [3.8, 4) is 10.6 Å². The molecule has 2 aromatic rings. The average molecular weight is 246 g/mol. The summed E-state index contributed by atoms with van der Waals surface area (Å²) < 4.78 is 1.88. The number of nitrogen functional groups attached to an aromatic ring is 1. The Morgan fingerprint density at radius 2 is 2.41 bits per heavy atom. The SMILES string of the molecule is N=C(N)c1cc(-c2cccs2)nn1CC1CC1. The van der Waals surface area contributed by atoms with Crippen molar-refractivity contribution in [1.29, 1.82) is 5.41 Å². The molecule has 0 saturated heterocycles. The number of aromatic nitrogens is 2. The maximum atomic E-state index is 7.60. The van der Waals surface area contributed by atoms with Crippen molar-refractivity contribution in [2.75, 3.05) is 0 Å². The fourth-order valence-electron chi connectivity index (χ4n) is 1.86. The van der Waals surface area contributed by atoms with Crippen LogP contribution in [-0.4, -0.2) is 15.6 Å². The fourth-order valence-corrected chi connectivity index (χ4v) is 2.54. The minimum absolute atomic E-state index is 0.0981. The zero-order valence-corrected chi connectivity index (χ0v) is 10.2. The van der Waals surface area contributed by atoms with E-state index in [9.17, 15) is 0 Å². The van der Waals surface area contributed by atoms with E-state index < -0.39 is 0 Å². The summed E-state index contributed by atoms with van der Waals surface area (Å²) in [5.74, 6) is 0.824. The molecule has 0 atom stereocenters. The Morgan fingerprint density at radius 3 is 3.00 bits per heavy atom. The van der Waals surface area contributed by atoms with Crippen molar-refractivity contribution in [2.24, 2.45) is 11.7 Å². The minimum Gasteiger partial charge on any atom is -0.382 e. The van der Waals surface area contributed by atoms with Crippen molar-refractivity contribution in [3.05, 3.63) is 29.3 Å². The van der Waals surface area contributed by atoms with E-state index in [1.807, 2.05) is 28.3 Å². The van der Waals surface area contributed by atoms with Gasteiger partial charge in [-0.05, 0) is 36.3 Å². The van der Waals surface area contributed by atoms with E-state index in [2.05, 4.69) is 5.10 Å². The van der Waals surface area contributed by atoms with Crippen LogP contribution in [0.15, 0.2) is 23.6 Å². The summed E-state index contributed by atoms with van der Waals surface area (Å²) >= 11 is 1.66. The molecule has 3 N–H and O–H groups in total. The lowest BCUT2D eigenvalue weighted by molar-refractivity contribution is 0.560. The number of nitrogens with two attached hydrogens (primary N) is 1. The Kier molecular flexibility index (Phi) is 2.48. The second-order valence-corrected chi connectivity index (χ2v) is 5.38. The quantitative estimate of drug-likeness (QED) is 0.642. The molecule has 2 heterocycles. The summed E-state index contributed by atoms with van der Waals surface area (Å²) in [6.07, 6.45) is 2.54. The van der Waals surface area contributed by atoms with Gasteiger partial charge >= 0.3 is 0 Å². The highest BCUT2D eigenvalue weighted by Crippen LogP contribution is 2.32. The smallest absolute Gasteiger partial charge is 0.141 e. The van der Waals surface area contributed by atoms with Crippen LogP contribution in [0.4, 0.5) is 0 Å². The summed E-state index contributed by atoms with van der Waals surface area (Å²) in [6.45, 7) is 0.889. The third-order valence-electron chi connectivity index (χ3n) is 2.96. The maximum absolute atomic E-state index is 7.60. The Labute approximate surface area is 104 Å². The largest absolute Gasteiger partial charge is 0.382 e. The fraction of sp³-hybridized carbons (Fsp3) is 0.333. The summed E-state index contributed by atoms with van der Waals surface area (Å²) in [7, 11) is 0. The number of nitrogens with one attached hydrogen (secondary N) is 1. The molecule has 0 unspecified atom stereocenters. The second kappa shape index (κ2) is 4.00. The van der Waals surface area contributed by atoms with Gasteiger partial charge in [-0.25, -0.2) is 0 Å². The van der Waals surface area contributed by atoms with Gasteiger partial charge in [0.25, 0.3) is 0 Å². The molecule has 0 amide bonds. The predicted molar refractivity (Wildman–Crippen MR) is 69.3 cm³/mol. The van der Waals surface area contributed by atoms with Crippen LogP contribution in [0.25, 0.3) is 10.6 Å². The van der Waals surface area contributed by atoms with Crippen LogP contribution in [0.3, 0.4) is 0 Å². The number of rotatable bonds is 4. The van der Waals surface area contributed by atoms with Gasteiger partial charge in [0, 0.05) is 6.54 Å². The van der Waals surface area contributed by atoms with E-state index in [1.165, 1.54) is 12.8 Å². The van der Waals surface area contributed by atoms with Gasteiger partial charge in [0.2, 0.25) is 0 Å². The topological polar surface area (TPSA) is 67.7 Å². The third kappa shape index (κ3) is 2.10. The van der Waals surface area contributed by atoms with E-state index in [4.69, 9.17) is 11.1 Å². The zero-order valence-electron chi connectivity index (χ0n) is 9.39. The molecular formula is C12H14N4S. The van der Waals surface area contributed by atoms with Gasteiger partial charge in [-0.1, -0.05) is 6.07 Å². The van der Waals surface area contributed by atoms with Crippen molar-refractivity contribution in [2.45, 2.75) is 19.4 Å². The molecule has 0 aromatic carbocycles. The molecule has 88 valence electrons. The predicted octanol–water partition coefficient (Wildman–Crippen LogP) is 2.31. The molecule has 0 spiro atoms.